The molecule has 0 amide bonds. The molecule has 0 aliphatic carbocycles. The van der Waals surface area contributed by atoms with Crippen molar-refractivity contribution in [3.8, 4) is 16.2 Å². The highest BCUT2D eigenvalue weighted by atomic mass is 32.1. The maximum atomic E-state index is 6.50. The van der Waals surface area contributed by atoms with Crippen LogP contribution in [-0.2, 0) is 13.0 Å². The molecule has 3 N–H and O–H groups in total. The molecule has 4 aromatic rings. The van der Waals surface area contributed by atoms with E-state index in [-0.39, 0.29) is 0 Å². The quantitative estimate of drug-likeness (QED) is 0.425. The topological polar surface area (TPSA) is 80.7 Å². The van der Waals surface area contributed by atoms with Crippen molar-refractivity contribution in [1.82, 2.24) is 24.8 Å². The normalized spacial score (nSPS) is 15.0. The van der Waals surface area contributed by atoms with Gasteiger partial charge >= 0.3 is 0 Å². The Bertz CT molecular complexity index is 1290. The Morgan fingerprint density at radius 1 is 1.21 bits per heavy atom. The summed E-state index contributed by atoms with van der Waals surface area (Å²) in [7, 11) is 1.74. The van der Waals surface area contributed by atoms with E-state index in [1.807, 2.05) is 0 Å². The zero-order valence-electron chi connectivity index (χ0n) is 19.6. The van der Waals surface area contributed by atoms with Crippen LogP contribution >= 0.6 is 11.3 Å². The number of nitrogen functional groups attached to an aromatic ring is 1. The summed E-state index contributed by atoms with van der Waals surface area (Å²) in [6, 6.07) is 6.61. The van der Waals surface area contributed by atoms with Gasteiger partial charge in [0, 0.05) is 43.2 Å². The van der Waals surface area contributed by atoms with E-state index in [0.717, 1.165) is 68.0 Å². The summed E-state index contributed by atoms with van der Waals surface area (Å²) < 4.78 is 8.93. The number of piperazine rings is 1. The molecule has 0 spiro atoms. The van der Waals surface area contributed by atoms with Crippen LogP contribution < -0.4 is 15.8 Å². The fraction of sp³-hybridized carbons (Fsp3) is 0.440. The first-order valence-corrected chi connectivity index (χ1v) is 12.6. The number of anilines is 1. The number of aryl methyl sites for hydroxylation is 1. The van der Waals surface area contributed by atoms with Gasteiger partial charge in [-0.1, -0.05) is 19.4 Å². The minimum absolute atomic E-state index is 0.532. The van der Waals surface area contributed by atoms with Gasteiger partial charge in [0.25, 0.3) is 0 Å². The van der Waals surface area contributed by atoms with Crippen LogP contribution in [0.15, 0.2) is 24.5 Å². The van der Waals surface area contributed by atoms with E-state index >= 15 is 0 Å². The SMILES string of the molecule is CCCCc1c(-c2cc3cc(C)cc(OC)c3s2)c2c(N)ncnn2c1CN1CCNCC1. The Hall–Kier alpha value is -2.68. The lowest BCUT2D eigenvalue weighted by Gasteiger charge is -2.27. The third kappa shape index (κ3) is 4.07. The second-order valence-corrected chi connectivity index (χ2v) is 9.88. The lowest BCUT2D eigenvalue weighted by molar-refractivity contribution is 0.229. The van der Waals surface area contributed by atoms with E-state index in [1.165, 1.54) is 32.6 Å². The smallest absolute Gasteiger partial charge is 0.152 e. The van der Waals surface area contributed by atoms with E-state index < -0.39 is 0 Å². The molecular formula is C25H32N6OS. The zero-order valence-corrected chi connectivity index (χ0v) is 20.5. The number of hydrogen-bond donors (Lipinski definition) is 2. The van der Waals surface area contributed by atoms with Crippen LogP contribution in [0.5, 0.6) is 5.75 Å². The molecule has 8 heteroatoms. The van der Waals surface area contributed by atoms with E-state index in [4.69, 9.17) is 10.5 Å². The Labute approximate surface area is 198 Å². The number of methoxy groups -OCH3 is 1. The molecule has 3 aromatic heterocycles. The lowest BCUT2D eigenvalue weighted by Crippen LogP contribution is -2.43. The summed E-state index contributed by atoms with van der Waals surface area (Å²) in [5, 5.41) is 9.34. The monoisotopic (exact) mass is 464 g/mol. The minimum Gasteiger partial charge on any atom is -0.495 e. The number of fused-ring (bicyclic) bond motifs is 2. The fourth-order valence-electron chi connectivity index (χ4n) is 4.89. The third-order valence-corrected chi connectivity index (χ3v) is 7.70. The third-order valence-electron chi connectivity index (χ3n) is 6.52. The first-order valence-electron chi connectivity index (χ1n) is 11.7. The van der Waals surface area contributed by atoms with Crippen LogP contribution in [0.1, 0.15) is 36.6 Å². The second-order valence-electron chi connectivity index (χ2n) is 8.83. The molecule has 1 aliphatic rings. The highest BCUT2D eigenvalue weighted by Gasteiger charge is 2.26. The van der Waals surface area contributed by atoms with Gasteiger partial charge in [-0.2, -0.15) is 5.10 Å². The number of thiophene rings is 1. The Morgan fingerprint density at radius 3 is 2.79 bits per heavy atom. The Kier molecular flexibility index (Phi) is 6.23. The van der Waals surface area contributed by atoms with E-state index in [2.05, 4.69) is 56.9 Å². The summed E-state index contributed by atoms with van der Waals surface area (Å²) in [5.74, 6) is 1.45. The molecule has 1 fully saturated rings. The van der Waals surface area contributed by atoms with Crippen molar-refractivity contribution in [1.29, 1.82) is 0 Å². The Morgan fingerprint density at radius 2 is 2.03 bits per heavy atom. The van der Waals surface area contributed by atoms with E-state index in [9.17, 15) is 0 Å². The minimum atomic E-state index is 0.532. The summed E-state index contributed by atoms with van der Waals surface area (Å²) in [6.07, 6.45) is 4.84. The molecule has 7 nitrogen and oxygen atoms in total. The standard InChI is InChI=1S/C25H32N6OS/c1-4-5-6-18-19(14-30-9-7-27-8-10-30)31-23(25(26)28-15-29-31)22(18)21-13-17-11-16(2)12-20(32-3)24(17)33-21/h11-13,15,27H,4-10,14H2,1-3H3,(H2,26,28,29). The zero-order chi connectivity index (χ0) is 22.9. The van der Waals surface area contributed by atoms with Crippen LogP contribution in [0.25, 0.3) is 26.0 Å². The van der Waals surface area contributed by atoms with Gasteiger partial charge in [0.2, 0.25) is 0 Å². The molecule has 1 aliphatic heterocycles. The van der Waals surface area contributed by atoms with Crippen molar-refractivity contribution in [2.24, 2.45) is 0 Å². The average molecular weight is 465 g/mol. The van der Waals surface area contributed by atoms with Gasteiger partial charge in [0.05, 0.1) is 17.5 Å². The van der Waals surface area contributed by atoms with Crippen LogP contribution in [0.3, 0.4) is 0 Å². The molecule has 5 rings (SSSR count). The van der Waals surface area contributed by atoms with Gasteiger partial charge in [0.15, 0.2) is 5.82 Å². The number of nitrogens with two attached hydrogens (primary N) is 1. The number of nitrogens with one attached hydrogen (secondary N) is 1. The van der Waals surface area contributed by atoms with Crippen LogP contribution in [-0.4, -0.2) is 52.8 Å². The maximum Gasteiger partial charge on any atom is 0.152 e. The van der Waals surface area contributed by atoms with Crippen LogP contribution in [0.2, 0.25) is 0 Å². The number of nitrogens with zero attached hydrogens (tertiary/aromatic N) is 4. The predicted molar refractivity (Wildman–Crippen MR) is 136 cm³/mol. The molecule has 0 radical (unpaired) electrons. The number of hydrogen-bond acceptors (Lipinski definition) is 7. The van der Waals surface area contributed by atoms with Gasteiger partial charge in [0.1, 0.15) is 17.6 Å². The van der Waals surface area contributed by atoms with Crippen molar-refractivity contribution in [2.45, 2.75) is 39.7 Å². The highest BCUT2D eigenvalue weighted by molar-refractivity contribution is 7.22. The van der Waals surface area contributed by atoms with Crippen molar-refractivity contribution >= 4 is 32.8 Å². The average Bonchev–Trinajstić information content (AvgIpc) is 3.37. The van der Waals surface area contributed by atoms with Gasteiger partial charge in [-0.3, -0.25) is 4.90 Å². The van der Waals surface area contributed by atoms with Gasteiger partial charge < -0.3 is 15.8 Å². The summed E-state index contributed by atoms with van der Waals surface area (Å²) in [4.78, 5) is 8.09. The van der Waals surface area contributed by atoms with Crippen LogP contribution in [0, 0.1) is 6.92 Å². The number of aromatic nitrogens is 3. The second kappa shape index (κ2) is 9.29. The Balaban J connectivity index is 1.74. The largest absolute Gasteiger partial charge is 0.495 e. The number of ether oxygens (including phenoxy) is 1. The van der Waals surface area contributed by atoms with Crippen molar-refractivity contribution in [3.63, 3.8) is 0 Å². The van der Waals surface area contributed by atoms with Gasteiger partial charge in [-0.25, -0.2) is 9.50 Å². The first-order chi connectivity index (χ1) is 16.1. The highest BCUT2D eigenvalue weighted by Crippen LogP contribution is 2.44. The number of rotatable bonds is 7. The molecule has 33 heavy (non-hydrogen) atoms. The lowest BCUT2D eigenvalue weighted by atomic mass is 10.0. The molecule has 1 saturated heterocycles. The molecule has 0 unspecified atom stereocenters. The van der Waals surface area contributed by atoms with Crippen molar-refractivity contribution in [3.05, 3.63) is 41.3 Å². The fourth-order valence-corrected chi connectivity index (χ4v) is 6.10. The van der Waals surface area contributed by atoms with E-state index in [1.54, 1.807) is 24.8 Å². The summed E-state index contributed by atoms with van der Waals surface area (Å²) >= 11 is 1.77. The first kappa shape index (κ1) is 22.1. The molecule has 4 heterocycles. The molecule has 174 valence electrons. The van der Waals surface area contributed by atoms with Crippen molar-refractivity contribution in [2.75, 3.05) is 39.0 Å². The summed E-state index contributed by atoms with van der Waals surface area (Å²) in [5.41, 5.74) is 12.4. The van der Waals surface area contributed by atoms with E-state index in [0.29, 0.717) is 5.82 Å². The molecule has 1 aromatic carbocycles. The van der Waals surface area contributed by atoms with Crippen LogP contribution in [0.4, 0.5) is 5.82 Å². The molecule has 0 atom stereocenters. The number of benzene rings is 1. The van der Waals surface area contributed by atoms with Crippen molar-refractivity contribution < 1.29 is 4.74 Å². The molecular weight excluding hydrogens is 432 g/mol. The molecule has 0 bridgehead atoms. The maximum absolute atomic E-state index is 6.50. The molecule has 0 saturated carbocycles. The summed E-state index contributed by atoms with van der Waals surface area (Å²) in [6.45, 7) is 9.33. The van der Waals surface area contributed by atoms with Gasteiger partial charge in [-0.05, 0) is 48.4 Å². The number of unbranched alkanes of at least 4 members (excludes halogenated alkanes) is 1. The van der Waals surface area contributed by atoms with Gasteiger partial charge in [-0.15, -0.1) is 11.3 Å². The predicted octanol–water partition coefficient (Wildman–Crippen LogP) is 4.26.